The van der Waals surface area contributed by atoms with Gasteiger partial charge in [-0.25, -0.2) is 0 Å². The number of benzene rings is 20. The Hall–Kier alpha value is -16.4. The van der Waals surface area contributed by atoms with E-state index in [1.807, 2.05) is 0 Å². The smallest absolute Gasteiger partial charge is 0.119 e. The molecule has 4 nitrogen and oxygen atoms in total. The summed E-state index contributed by atoms with van der Waals surface area (Å²) in [6, 6.07) is 185. The van der Waals surface area contributed by atoms with E-state index in [0.29, 0.717) is 25.0 Å². The van der Waals surface area contributed by atoms with Crippen LogP contribution in [-0.2, 0) is 34.9 Å². The number of hydrogen-bond donors (Lipinski definition) is 0. The summed E-state index contributed by atoms with van der Waals surface area (Å²) in [6.07, 6.45) is 2.26. The van der Waals surface area contributed by atoms with E-state index >= 15 is 0 Å². The lowest BCUT2D eigenvalue weighted by atomic mass is 9.67. The fraction of sp³-hybridized carbons (Fsp3) is 0.118. The first-order valence-corrected chi connectivity index (χ1v) is 49.7. The predicted molar refractivity (Wildman–Crippen MR) is 580 cm³/mol. The maximum Gasteiger partial charge on any atom is 0.119 e. The Morgan fingerprint density at radius 1 is 0.200 bits per heavy atom. The highest BCUT2D eigenvalue weighted by molar-refractivity contribution is 5.96. The van der Waals surface area contributed by atoms with Crippen LogP contribution < -0.4 is 19.3 Å². The third-order valence-corrected chi connectivity index (χ3v) is 30.6. The van der Waals surface area contributed by atoms with Crippen molar-refractivity contribution in [1.29, 1.82) is 0 Å². The van der Waals surface area contributed by atoms with Crippen LogP contribution in [0.1, 0.15) is 175 Å². The number of hydrogen-bond acceptors (Lipinski definition) is 4. The van der Waals surface area contributed by atoms with E-state index in [0.717, 1.165) is 58.5 Å². The van der Waals surface area contributed by atoms with Crippen LogP contribution in [0.15, 0.2) is 497 Å². The largest absolute Gasteiger partial charge is 0.489 e. The average molecular weight is 1800 g/mol. The van der Waals surface area contributed by atoms with Crippen molar-refractivity contribution in [3.05, 3.63) is 620 Å². The van der Waals surface area contributed by atoms with Crippen molar-refractivity contribution in [2.45, 2.75) is 101 Å². The van der Waals surface area contributed by atoms with E-state index in [1.54, 1.807) is 0 Å². The van der Waals surface area contributed by atoms with E-state index in [-0.39, 0.29) is 0 Å². The van der Waals surface area contributed by atoms with Crippen molar-refractivity contribution in [3.63, 3.8) is 0 Å². The number of nitrogens with zero attached hydrogens (tertiary/aromatic N) is 2. The van der Waals surface area contributed by atoms with Gasteiger partial charge in [-0.3, -0.25) is 0 Å². The van der Waals surface area contributed by atoms with Gasteiger partial charge in [0.2, 0.25) is 0 Å². The van der Waals surface area contributed by atoms with Crippen LogP contribution in [0.25, 0.3) is 44.5 Å². The number of rotatable bonds is 24. The minimum Gasteiger partial charge on any atom is -0.489 e. The van der Waals surface area contributed by atoms with Crippen LogP contribution in [0.4, 0.5) is 34.1 Å². The standard InChI is InChI=1S/C69H57NO.C67H53NO/c1-5-49(4)51-31-29-50(30-32-51)46-71-59-37-33-54(34-38-59)69(55-42-47(2)41-48(3)43-55)65-28-18-16-26-61(65)63-40-36-58(45-67(63)69)70(56-23-13-8-14-24-56)57-35-39-62-60-25-15-17-27-64(60)68(66(62)44-57,52-19-9-6-10-20-52)53-21-11-7-12-22-53;1-3-47(2)49-34-32-48(33-35-49)46-69-57-40-36-53(37-41-57)67(52-24-12-6-13-25-52)63-31-19-17-29-59(63)61-43-39-56(45-65(61)67)68(54-26-14-7-15-27-54)55-38-42-60-58-28-16-18-30-62(58)66(64(60)44-55,50-20-8-4-9-21-50)51-22-10-5-11-23-51/h6-45,49H,5,46H2,1-4H3;4-45,47H,3,46H2,1-2H3. The molecule has 0 aromatic heterocycles. The molecule has 0 N–H and O–H groups in total. The van der Waals surface area contributed by atoms with Crippen LogP contribution in [0.5, 0.6) is 11.5 Å². The molecule has 4 unspecified atom stereocenters. The number of ether oxygens (including phenoxy) is 2. The molecule has 20 aromatic carbocycles. The molecule has 0 saturated heterocycles. The molecule has 0 heterocycles. The lowest BCUT2D eigenvalue weighted by molar-refractivity contribution is 0.306. The Bertz CT molecular complexity index is 7800. The molecule has 0 spiro atoms. The van der Waals surface area contributed by atoms with Gasteiger partial charge >= 0.3 is 0 Å². The SMILES string of the molecule is CCC(C)c1ccc(COc2ccc(C3(c4cc(C)cc(C)c4)c4ccccc4-c4ccc(N(c5ccccc5)c5ccc6c(c5)C(c5ccccc5)(c5ccccc5)c5ccccc5-6)cc43)cc2)cc1.CCC(C)c1ccc(COc2ccc(C3(c4ccccc4)c4ccccc4-c4ccc(N(c5ccccc5)c5ccc6c(c5)C(c5ccccc5)(c5ccccc5)c5ccccc5-6)cc43)cc2)cc1. The highest BCUT2D eigenvalue weighted by Gasteiger charge is 2.52. The first-order valence-electron chi connectivity index (χ1n) is 49.7. The molecule has 0 fully saturated rings. The van der Waals surface area contributed by atoms with Gasteiger partial charge in [0.1, 0.15) is 24.7 Å². The van der Waals surface area contributed by atoms with Crippen LogP contribution >= 0.6 is 0 Å². The Morgan fingerprint density at radius 3 is 0.693 bits per heavy atom. The zero-order valence-electron chi connectivity index (χ0n) is 80.0. The molecular formula is C136H110N2O2. The van der Waals surface area contributed by atoms with Crippen molar-refractivity contribution in [1.82, 2.24) is 0 Å². The topological polar surface area (TPSA) is 24.9 Å². The fourth-order valence-corrected chi connectivity index (χ4v) is 23.8. The molecule has 0 amide bonds. The predicted octanol–water partition coefficient (Wildman–Crippen LogP) is 34.6. The molecule has 20 aromatic rings. The van der Waals surface area contributed by atoms with Gasteiger partial charge in [-0.2, -0.15) is 0 Å². The fourth-order valence-electron chi connectivity index (χ4n) is 23.8. The second-order valence-corrected chi connectivity index (χ2v) is 38.4. The second-order valence-electron chi connectivity index (χ2n) is 38.4. The molecule has 140 heavy (non-hydrogen) atoms. The average Bonchev–Trinajstić information content (AvgIpc) is 1.54. The lowest BCUT2D eigenvalue weighted by Crippen LogP contribution is -2.29. The molecule has 4 aliphatic carbocycles. The first kappa shape index (κ1) is 87.6. The summed E-state index contributed by atoms with van der Waals surface area (Å²) >= 11 is 0. The monoisotopic (exact) mass is 1800 g/mol. The van der Waals surface area contributed by atoms with Gasteiger partial charge in [-0.1, -0.05) is 439 Å². The minimum atomic E-state index is -0.624. The summed E-state index contributed by atoms with van der Waals surface area (Å²) in [7, 11) is 0. The molecule has 676 valence electrons. The van der Waals surface area contributed by atoms with Gasteiger partial charge in [0, 0.05) is 34.1 Å². The van der Waals surface area contributed by atoms with Crippen molar-refractivity contribution in [3.8, 4) is 56.0 Å². The van der Waals surface area contributed by atoms with E-state index < -0.39 is 21.7 Å². The van der Waals surface area contributed by atoms with Gasteiger partial charge in [0.25, 0.3) is 0 Å². The molecule has 0 aliphatic heterocycles. The third kappa shape index (κ3) is 14.8. The molecule has 4 aliphatic rings. The Balaban J connectivity index is 0.000000156. The van der Waals surface area contributed by atoms with Crippen molar-refractivity contribution in [2.75, 3.05) is 9.80 Å². The summed E-state index contributed by atoms with van der Waals surface area (Å²) in [5.41, 5.74) is 42.0. The van der Waals surface area contributed by atoms with Crippen molar-refractivity contribution >= 4 is 34.1 Å². The highest BCUT2D eigenvalue weighted by atomic mass is 16.5. The number of anilines is 6. The normalized spacial score (nSPS) is 15.3. The molecule has 0 radical (unpaired) electrons. The van der Waals surface area contributed by atoms with Crippen LogP contribution in [-0.4, -0.2) is 0 Å². The Morgan fingerprint density at radius 2 is 0.429 bits per heavy atom. The maximum absolute atomic E-state index is 6.52. The third-order valence-electron chi connectivity index (χ3n) is 30.6. The molecule has 0 saturated carbocycles. The summed E-state index contributed by atoms with van der Waals surface area (Å²) in [5.74, 6) is 2.80. The number of fused-ring (bicyclic) bond motifs is 12. The zero-order chi connectivity index (χ0) is 94.5. The van der Waals surface area contributed by atoms with Gasteiger partial charge in [-0.05, 0) is 291 Å². The molecule has 0 bridgehead atoms. The minimum absolute atomic E-state index is 0.513. The summed E-state index contributed by atoms with van der Waals surface area (Å²) < 4.78 is 13.0. The molecule has 4 atom stereocenters. The summed E-state index contributed by atoms with van der Waals surface area (Å²) in [4.78, 5) is 4.92. The van der Waals surface area contributed by atoms with E-state index in [4.69, 9.17) is 9.47 Å². The second kappa shape index (κ2) is 36.9. The van der Waals surface area contributed by atoms with Crippen LogP contribution in [0, 0.1) is 13.8 Å². The molecule has 4 heteroatoms. The van der Waals surface area contributed by atoms with Gasteiger partial charge in [0.05, 0.1) is 21.7 Å². The summed E-state index contributed by atoms with van der Waals surface area (Å²) in [6.45, 7) is 14.5. The first-order chi connectivity index (χ1) is 69.0. The Kier molecular flexibility index (Phi) is 23.1. The van der Waals surface area contributed by atoms with Crippen LogP contribution in [0.3, 0.4) is 0 Å². The van der Waals surface area contributed by atoms with Crippen molar-refractivity contribution in [2.24, 2.45) is 0 Å². The van der Waals surface area contributed by atoms with E-state index in [2.05, 4.69) is 549 Å². The maximum atomic E-state index is 6.52. The number of para-hydroxylation sites is 2. The molecular weight excluding hydrogens is 1690 g/mol. The van der Waals surface area contributed by atoms with Crippen LogP contribution in [0.2, 0.25) is 0 Å². The van der Waals surface area contributed by atoms with Gasteiger partial charge in [-0.15, -0.1) is 0 Å². The number of aryl methyl sites for hydroxylation is 2. The van der Waals surface area contributed by atoms with Gasteiger partial charge < -0.3 is 19.3 Å². The Labute approximate surface area is 824 Å². The van der Waals surface area contributed by atoms with Crippen molar-refractivity contribution < 1.29 is 9.47 Å². The summed E-state index contributed by atoms with van der Waals surface area (Å²) in [5, 5.41) is 0. The molecule has 24 rings (SSSR count). The highest BCUT2D eigenvalue weighted by Crippen LogP contribution is 2.64. The van der Waals surface area contributed by atoms with Gasteiger partial charge in [0.15, 0.2) is 0 Å². The zero-order valence-corrected chi connectivity index (χ0v) is 80.0. The van der Waals surface area contributed by atoms with E-state index in [1.165, 1.54) is 167 Å². The lowest BCUT2D eigenvalue weighted by Gasteiger charge is -2.36. The van der Waals surface area contributed by atoms with E-state index in [9.17, 15) is 0 Å². The quantitative estimate of drug-likeness (QED) is 0.0602.